The Kier molecular flexibility index (Phi) is 4.02. The van der Waals surface area contributed by atoms with Crippen LogP contribution >= 0.6 is 23.2 Å². The predicted molar refractivity (Wildman–Crippen MR) is 72.7 cm³/mol. The Hall–Kier alpha value is -1.78. The van der Waals surface area contributed by atoms with Crippen LogP contribution in [-0.4, -0.2) is 15.9 Å². The molecule has 0 saturated heterocycles. The third kappa shape index (κ3) is 3.35. The fraction of sp³-hybridized carbons (Fsp3) is 0. The molecule has 0 aliphatic rings. The van der Waals surface area contributed by atoms with Gasteiger partial charge in [0.2, 0.25) is 5.95 Å². The molecule has 2 rings (SSSR count). The van der Waals surface area contributed by atoms with E-state index in [1.54, 1.807) is 36.7 Å². The molecule has 0 unspecified atom stereocenters. The average molecular weight is 282 g/mol. The molecular weight excluding hydrogens is 273 g/mol. The second-order valence-electron chi connectivity index (χ2n) is 3.43. The molecule has 0 aliphatic carbocycles. The SMILES string of the molecule is O=C(C=Cc1ccc(Cl)cc1Cl)Nc1ncc[nH]1. The average Bonchev–Trinajstić information content (AvgIpc) is 2.80. The first-order valence-electron chi connectivity index (χ1n) is 5.08. The van der Waals surface area contributed by atoms with E-state index in [2.05, 4.69) is 15.3 Å². The molecule has 0 atom stereocenters. The summed E-state index contributed by atoms with van der Waals surface area (Å²) in [5.41, 5.74) is 0.718. The number of carbonyl (C=O) groups excluding carboxylic acids is 1. The second kappa shape index (κ2) is 5.71. The van der Waals surface area contributed by atoms with E-state index in [0.29, 0.717) is 16.0 Å². The molecule has 92 valence electrons. The van der Waals surface area contributed by atoms with Gasteiger partial charge >= 0.3 is 0 Å². The maximum Gasteiger partial charge on any atom is 0.250 e. The lowest BCUT2D eigenvalue weighted by atomic mass is 10.2. The van der Waals surface area contributed by atoms with E-state index in [1.807, 2.05) is 0 Å². The van der Waals surface area contributed by atoms with Crippen molar-refractivity contribution >= 4 is 41.1 Å². The summed E-state index contributed by atoms with van der Waals surface area (Å²) in [6.07, 6.45) is 6.15. The topological polar surface area (TPSA) is 57.8 Å². The molecule has 1 aromatic heterocycles. The summed E-state index contributed by atoms with van der Waals surface area (Å²) in [5, 5.41) is 3.60. The number of H-pyrrole nitrogens is 1. The molecule has 0 spiro atoms. The molecule has 4 nitrogen and oxygen atoms in total. The van der Waals surface area contributed by atoms with E-state index in [1.165, 1.54) is 6.08 Å². The number of anilines is 1. The van der Waals surface area contributed by atoms with Gasteiger partial charge < -0.3 is 4.98 Å². The van der Waals surface area contributed by atoms with Crippen molar-refractivity contribution in [1.29, 1.82) is 0 Å². The third-order valence-electron chi connectivity index (χ3n) is 2.12. The highest BCUT2D eigenvalue weighted by Crippen LogP contribution is 2.21. The third-order valence-corrected chi connectivity index (χ3v) is 2.68. The smallest absolute Gasteiger partial charge is 0.250 e. The van der Waals surface area contributed by atoms with Gasteiger partial charge in [0.25, 0.3) is 5.91 Å². The summed E-state index contributed by atoms with van der Waals surface area (Å²) in [6, 6.07) is 5.06. The zero-order valence-electron chi connectivity index (χ0n) is 9.15. The number of halogens is 2. The van der Waals surface area contributed by atoms with Crippen molar-refractivity contribution in [2.75, 3.05) is 5.32 Å². The minimum absolute atomic E-state index is 0.295. The second-order valence-corrected chi connectivity index (χ2v) is 4.27. The molecule has 18 heavy (non-hydrogen) atoms. The van der Waals surface area contributed by atoms with Crippen molar-refractivity contribution in [2.24, 2.45) is 0 Å². The van der Waals surface area contributed by atoms with Crippen LogP contribution in [0.15, 0.2) is 36.7 Å². The summed E-state index contributed by atoms with van der Waals surface area (Å²) in [6.45, 7) is 0. The first-order chi connectivity index (χ1) is 8.65. The molecule has 6 heteroatoms. The lowest BCUT2D eigenvalue weighted by Crippen LogP contribution is -2.08. The van der Waals surface area contributed by atoms with E-state index in [0.717, 1.165) is 5.56 Å². The number of nitrogens with one attached hydrogen (secondary N) is 2. The number of rotatable bonds is 3. The van der Waals surface area contributed by atoms with E-state index < -0.39 is 0 Å². The Morgan fingerprint density at radius 1 is 1.39 bits per heavy atom. The molecule has 1 amide bonds. The van der Waals surface area contributed by atoms with Gasteiger partial charge in [0, 0.05) is 28.5 Å². The van der Waals surface area contributed by atoms with Gasteiger partial charge in [0.15, 0.2) is 0 Å². The normalized spacial score (nSPS) is 10.8. The van der Waals surface area contributed by atoms with Gasteiger partial charge in [-0.05, 0) is 23.8 Å². The quantitative estimate of drug-likeness (QED) is 0.848. The molecule has 2 aromatic rings. The highest BCUT2D eigenvalue weighted by atomic mass is 35.5. The molecule has 0 aliphatic heterocycles. The van der Waals surface area contributed by atoms with Crippen LogP contribution < -0.4 is 5.32 Å². The highest BCUT2D eigenvalue weighted by Gasteiger charge is 2.01. The zero-order chi connectivity index (χ0) is 13.0. The summed E-state index contributed by atoms with van der Waals surface area (Å²) in [5.74, 6) is 0.0998. The van der Waals surface area contributed by atoms with Crippen LogP contribution in [-0.2, 0) is 4.79 Å². The zero-order valence-corrected chi connectivity index (χ0v) is 10.7. The van der Waals surface area contributed by atoms with Gasteiger partial charge in [-0.3, -0.25) is 10.1 Å². The number of aromatic amines is 1. The van der Waals surface area contributed by atoms with Gasteiger partial charge in [-0.1, -0.05) is 29.3 Å². The lowest BCUT2D eigenvalue weighted by molar-refractivity contribution is -0.111. The van der Waals surface area contributed by atoms with E-state index >= 15 is 0 Å². The number of carbonyl (C=O) groups is 1. The molecule has 1 heterocycles. The Bertz CT molecular complexity index is 579. The van der Waals surface area contributed by atoms with Crippen LogP contribution in [0.3, 0.4) is 0 Å². The molecule has 0 radical (unpaired) electrons. The summed E-state index contributed by atoms with van der Waals surface area (Å²) in [7, 11) is 0. The monoisotopic (exact) mass is 281 g/mol. The van der Waals surface area contributed by atoms with Gasteiger partial charge in [-0.2, -0.15) is 0 Å². The molecule has 0 fully saturated rings. The van der Waals surface area contributed by atoms with Crippen molar-refractivity contribution in [3.8, 4) is 0 Å². The maximum absolute atomic E-state index is 11.5. The number of benzene rings is 1. The van der Waals surface area contributed by atoms with Crippen LogP contribution in [0.4, 0.5) is 5.95 Å². The number of nitrogens with zero attached hydrogens (tertiary/aromatic N) is 1. The standard InChI is InChI=1S/C12H9Cl2N3O/c13-9-3-1-8(10(14)7-9)2-4-11(18)17-12-15-5-6-16-12/h1-7H,(H2,15,16,17,18). The molecule has 0 saturated carbocycles. The Balaban J connectivity index is 2.04. The minimum atomic E-state index is -0.295. The fourth-order valence-electron chi connectivity index (χ4n) is 1.29. The predicted octanol–water partition coefficient (Wildman–Crippen LogP) is 3.37. The fourth-order valence-corrected chi connectivity index (χ4v) is 1.77. The van der Waals surface area contributed by atoms with E-state index in [4.69, 9.17) is 23.2 Å². The maximum atomic E-state index is 11.5. The van der Waals surface area contributed by atoms with Crippen molar-refractivity contribution in [3.63, 3.8) is 0 Å². The van der Waals surface area contributed by atoms with Gasteiger partial charge in [-0.25, -0.2) is 4.98 Å². The summed E-state index contributed by atoms with van der Waals surface area (Å²) < 4.78 is 0. The summed E-state index contributed by atoms with van der Waals surface area (Å²) in [4.78, 5) is 18.2. The van der Waals surface area contributed by atoms with Crippen LogP contribution in [0.25, 0.3) is 6.08 Å². The minimum Gasteiger partial charge on any atom is -0.331 e. The molecule has 2 N–H and O–H groups in total. The van der Waals surface area contributed by atoms with Crippen LogP contribution in [0.1, 0.15) is 5.56 Å². The summed E-state index contributed by atoms with van der Waals surface area (Å²) >= 11 is 11.7. The van der Waals surface area contributed by atoms with Gasteiger partial charge in [0.05, 0.1) is 0 Å². The highest BCUT2D eigenvalue weighted by molar-refractivity contribution is 6.35. The van der Waals surface area contributed by atoms with Crippen molar-refractivity contribution in [1.82, 2.24) is 9.97 Å². The molecule has 0 bridgehead atoms. The van der Waals surface area contributed by atoms with Gasteiger partial charge in [0.1, 0.15) is 0 Å². The number of aromatic nitrogens is 2. The Labute approximate surface area is 114 Å². The first kappa shape index (κ1) is 12.7. The van der Waals surface area contributed by atoms with Crippen LogP contribution in [0.5, 0.6) is 0 Å². The number of hydrogen-bond donors (Lipinski definition) is 2. The first-order valence-corrected chi connectivity index (χ1v) is 5.84. The van der Waals surface area contributed by atoms with Crippen LogP contribution in [0.2, 0.25) is 10.0 Å². The largest absolute Gasteiger partial charge is 0.331 e. The van der Waals surface area contributed by atoms with Crippen molar-refractivity contribution in [2.45, 2.75) is 0 Å². The lowest BCUT2D eigenvalue weighted by Gasteiger charge is -1.99. The van der Waals surface area contributed by atoms with Crippen LogP contribution in [0, 0.1) is 0 Å². The van der Waals surface area contributed by atoms with E-state index in [-0.39, 0.29) is 5.91 Å². The van der Waals surface area contributed by atoms with Gasteiger partial charge in [-0.15, -0.1) is 0 Å². The number of amides is 1. The van der Waals surface area contributed by atoms with E-state index in [9.17, 15) is 4.79 Å². The molecular formula is C12H9Cl2N3O. The molecule has 1 aromatic carbocycles. The number of hydrogen-bond acceptors (Lipinski definition) is 2. The van der Waals surface area contributed by atoms with Crippen molar-refractivity contribution in [3.05, 3.63) is 52.3 Å². The Morgan fingerprint density at radius 3 is 2.89 bits per heavy atom. The Morgan fingerprint density at radius 2 is 2.22 bits per heavy atom. The number of imidazole rings is 1. The van der Waals surface area contributed by atoms with Crippen molar-refractivity contribution < 1.29 is 4.79 Å².